The zero-order valence-electron chi connectivity index (χ0n) is 14.2. The first-order valence-corrected chi connectivity index (χ1v) is 8.19. The molecule has 1 amide bonds. The van der Waals surface area contributed by atoms with E-state index in [0.29, 0.717) is 29.7 Å². The van der Waals surface area contributed by atoms with Crippen molar-refractivity contribution in [2.45, 2.75) is 25.3 Å². The van der Waals surface area contributed by atoms with Crippen molar-refractivity contribution in [1.82, 2.24) is 5.32 Å². The molecule has 1 fully saturated rings. The lowest BCUT2D eigenvalue weighted by molar-refractivity contribution is -0.116. The second-order valence-electron chi connectivity index (χ2n) is 5.82. The van der Waals surface area contributed by atoms with E-state index in [2.05, 4.69) is 10.6 Å². The molecule has 1 unspecified atom stereocenters. The third-order valence-electron chi connectivity index (χ3n) is 4.03. The summed E-state index contributed by atoms with van der Waals surface area (Å²) in [6, 6.07) is 15.1. The second-order valence-corrected chi connectivity index (χ2v) is 5.82. The van der Waals surface area contributed by atoms with Crippen LogP contribution < -0.4 is 20.1 Å². The number of carbonyl (C=O) groups excluding carboxylic acids is 1. The second kappa shape index (κ2) is 9.30. The molecule has 2 aromatic rings. The Kier molecular flexibility index (Phi) is 7.10. The van der Waals surface area contributed by atoms with E-state index < -0.39 is 0 Å². The van der Waals surface area contributed by atoms with E-state index in [4.69, 9.17) is 9.47 Å². The quantitative estimate of drug-likeness (QED) is 0.815. The molecule has 0 radical (unpaired) electrons. The zero-order chi connectivity index (χ0) is 16.8. The summed E-state index contributed by atoms with van der Waals surface area (Å²) in [6.07, 6.45) is 2.73. The highest BCUT2D eigenvalue weighted by Crippen LogP contribution is 2.31. The number of methoxy groups -OCH3 is 1. The molecular formula is C19H23ClN2O3. The summed E-state index contributed by atoms with van der Waals surface area (Å²) in [5, 5.41) is 6.25. The Balaban J connectivity index is 0.00000225. The molecule has 1 saturated heterocycles. The third-order valence-corrected chi connectivity index (χ3v) is 4.03. The fraction of sp³-hybridized carbons (Fsp3) is 0.316. The van der Waals surface area contributed by atoms with Crippen molar-refractivity contribution in [3.05, 3.63) is 48.5 Å². The third kappa shape index (κ3) is 5.37. The largest absolute Gasteiger partial charge is 0.493 e. The minimum atomic E-state index is 0. The Morgan fingerprint density at radius 3 is 2.52 bits per heavy atom. The molecule has 0 aromatic heterocycles. The Morgan fingerprint density at radius 2 is 1.88 bits per heavy atom. The lowest BCUT2D eigenvalue weighted by Crippen LogP contribution is -2.27. The van der Waals surface area contributed by atoms with Crippen molar-refractivity contribution in [2.75, 3.05) is 19.0 Å². The monoisotopic (exact) mass is 362 g/mol. The summed E-state index contributed by atoms with van der Waals surface area (Å²) in [6.45, 7) is 1.01. The Labute approximate surface area is 154 Å². The Morgan fingerprint density at radius 1 is 1.16 bits per heavy atom. The van der Waals surface area contributed by atoms with Gasteiger partial charge in [0.15, 0.2) is 11.5 Å². The maximum atomic E-state index is 12.0. The topological polar surface area (TPSA) is 59.6 Å². The van der Waals surface area contributed by atoms with Gasteiger partial charge in [-0.2, -0.15) is 0 Å². The number of hydrogen-bond acceptors (Lipinski definition) is 4. The lowest BCUT2D eigenvalue weighted by Gasteiger charge is -2.12. The number of carbonyl (C=O) groups is 1. The Bertz CT molecular complexity index is 685. The molecule has 0 aliphatic carbocycles. The highest BCUT2D eigenvalue weighted by atomic mass is 35.5. The van der Waals surface area contributed by atoms with Crippen molar-refractivity contribution in [1.29, 1.82) is 0 Å². The van der Waals surface area contributed by atoms with Crippen molar-refractivity contribution in [3.63, 3.8) is 0 Å². The van der Waals surface area contributed by atoms with E-state index in [1.165, 1.54) is 0 Å². The van der Waals surface area contributed by atoms with Gasteiger partial charge >= 0.3 is 0 Å². The SMILES string of the molecule is COc1ccccc1Oc1ccc(NC(=O)CC2CCCN2)cc1.Cl. The molecule has 1 atom stereocenters. The van der Waals surface area contributed by atoms with Crippen LogP contribution >= 0.6 is 12.4 Å². The van der Waals surface area contributed by atoms with Gasteiger partial charge in [0.05, 0.1) is 7.11 Å². The number of anilines is 1. The van der Waals surface area contributed by atoms with Crippen molar-refractivity contribution >= 4 is 24.0 Å². The minimum Gasteiger partial charge on any atom is -0.493 e. The molecule has 1 aliphatic rings. The van der Waals surface area contributed by atoms with Crippen LogP contribution in [0.3, 0.4) is 0 Å². The fourth-order valence-electron chi connectivity index (χ4n) is 2.80. The van der Waals surface area contributed by atoms with Gasteiger partial charge in [0.1, 0.15) is 5.75 Å². The van der Waals surface area contributed by atoms with Crippen LogP contribution in [0.2, 0.25) is 0 Å². The molecule has 134 valence electrons. The highest BCUT2D eigenvalue weighted by molar-refractivity contribution is 5.91. The smallest absolute Gasteiger partial charge is 0.225 e. The standard InChI is InChI=1S/C19H22N2O3.ClH/c1-23-17-6-2-3-7-18(17)24-16-10-8-14(9-11-16)21-19(22)13-15-5-4-12-20-15;/h2-3,6-11,15,20H,4-5,12-13H2,1H3,(H,21,22);1H. The van der Waals surface area contributed by atoms with Gasteiger partial charge in [-0.15, -0.1) is 12.4 Å². The van der Waals surface area contributed by atoms with Gasteiger partial charge < -0.3 is 20.1 Å². The fourth-order valence-corrected chi connectivity index (χ4v) is 2.80. The molecule has 2 aromatic carbocycles. The van der Waals surface area contributed by atoms with Gasteiger partial charge in [0.25, 0.3) is 0 Å². The average molecular weight is 363 g/mol. The number of amides is 1. The first-order valence-electron chi connectivity index (χ1n) is 8.19. The molecule has 1 heterocycles. The van der Waals surface area contributed by atoms with Gasteiger partial charge in [0.2, 0.25) is 5.91 Å². The van der Waals surface area contributed by atoms with Gasteiger partial charge in [-0.3, -0.25) is 4.79 Å². The first kappa shape index (κ1) is 19.1. The van der Waals surface area contributed by atoms with Crippen LogP contribution in [-0.2, 0) is 4.79 Å². The number of hydrogen-bond donors (Lipinski definition) is 2. The van der Waals surface area contributed by atoms with Crippen LogP contribution in [0.1, 0.15) is 19.3 Å². The summed E-state index contributed by atoms with van der Waals surface area (Å²) < 4.78 is 11.1. The molecule has 25 heavy (non-hydrogen) atoms. The van der Waals surface area contributed by atoms with E-state index in [9.17, 15) is 4.79 Å². The predicted octanol–water partition coefficient (Wildman–Crippen LogP) is 3.99. The number of para-hydroxylation sites is 2. The number of benzene rings is 2. The van der Waals surface area contributed by atoms with E-state index in [0.717, 1.165) is 25.1 Å². The van der Waals surface area contributed by atoms with Gasteiger partial charge in [-0.05, 0) is 55.8 Å². The molecule has 6 heteroatoms. The van der Waals surface area contributed by atoms with Gasteiger partial charge in [0, 0.05) is 18.2 Å². The number of ether oxygens (including phenoxy) is 2. The van der Waals surface area contributed by atoms with Crippen molar-refractivity contribution in [2.24, 2.45) is 0 Å². The molecular weight excluding hydrogens is 340 g/mol. The molecule has 0 bridgehead atoms. The summed E-state index contributed by atoms with van der Waals surface area (Å²) in [4.78, 5) is 12.0. The number of rotatable bonds is 6. The van der Waals surface area contributed by atoms with E-state index in [1.807, 2.05) is 48.5 Å². The molecule has 3 rings (SSSR count). The van der Waals surface area contributed by atoms with Gasteiger partial charge in [-0.25, -0.2) is 0 Å². The average Bonchev–Trinajstić information content (AvgIpc) is 3.10. The van der Waals surface area contributed by atoms with E-state index >= 15 is 0 Å². The maximum Gasteiger partial charge on any atom is 0.225 e. The number of halogens is 1. The van der Waals surface area contributed by atoms with Crippen LogP contribution in [0.15, 0.2) is 48.5 Å². The molecule has 0 saturated carbocycles. The first-order chi connectivity index (χ1) is 11.7. The van der Waals surface area contributed by atoms with Crippen LogP contribution in [-0.4, -0.2) is 25.6 Å². The maximum absolute atomic E-state index is 12.0. The van der Waals surface area contributed by atoms with E-state index in [1.54, 1.807) is 7.11 Å². The molecule has 0 spiro atoms. The van der Waals surface area contributed by atoms with Crippen molar-refractivity contribution < 1.29 is 14.3 Å². The molecule has 2 N–H and O–H groups in total. The normalized spacial score (nSPS) is 16.0. The van der Waals surface area contributed by atoms with Gasteiger partial charge in [-0.1, -0.05) is 12.1 Å². The van der Waals surface area contributed by atoms with Crippen LogP contribution in [0.4, 0.5) is 5.69 Å². The summed E-state index contributed by atoms with van der Waals surface area (Å²) >= 11 is 0. The zero-order valence-corrected chi connectivity index (χ0v) is 15.0. The summed E-state index contributed by atoms with van der Waals surface area (Å²) in [5.41, 5.74) is 0.769. The van der Waals surface area contributed by atoms with Crippen molar-refractivity contribution in [3.8, 4) is 17.2 Å². The van der Waals surface area contributed by atoms with Crippen LogP contribution in [0, 0.1) is 0 Å². The summed E-state index contributed by atoms with van der Waals surface area (Å²) in [7, 11) is 1.61. The Hall–Kier alpha value is -2.24. The predicted molar refractivity (Wildman–Crippen MR) is 101 cm³/mol. The minimum absolute atomic E-state index is 0. The highest BCUT2D eigenvalue weighted by Gasteiger charge is 2.17. The molecule has 5 nitrogen and oxygen atoms in total. The molecule has 1 aliphatic heterocycles. The summed E-state index contributed by atoms with van der Waals surface area (Å²) in [5.74, 6) is 2.06. The lowest BCUT2D eigenvalue weighted by atomic mass is 10.1. The number of nitrogens with one attached hydrogen (secondary N) is 2. The van der Waals surface area contributed by atoms with E-state index in [-0.39, 0.29) is 18.3 Å². The van der Waals surface area contributed by atoms with Crippen LogP contribution in [0.5, 0.6) is 17.2 Å². The van der Waals surface area contributed by atoms with Crippen LogP contribution in [0.25, 0.3) is 0 Å².